The first kappa shape index (κ1) is 17.0. The quantitative estimate of drug-likeness (QED) is 0.914. The molecular formula is C19H26N2O3. The van der Waals surface area contributed by atoms with E-state index in [9.17, 15) is 14.7 Å². The van der Waals surface area contributed by atoms with Gasteiger partial charge in [-0.05, 0) is 32.3 Å². The van der Waals surface area contributed by atoms with E-state index in [1.165, 1.54) is 5.56 Å². The molecule has 2 aliphatic heterocycles. The molecule has 0 aliphatic carbocycles. The highest BCUT2D eigenvalue weighted by Gasteiger charge is 2.40. The number of aliphatic hydroxyl groups is 1. The van der Waals surface area contributed by atoms with Crippen LogP contribution in [0.1, 0.15) is 37.3 Å². The van der Waals surface area contributed by atoms with Crippen molar-refractivity contribution in [3.05, 3.63) is 35.4 Å². The smallest absolute Gasteiger partial charge is 0.245 e. The first-order valence-corrected chi connectivity index (χ1v) is 8.77. The van der Waals surface area contributed by atoms with Crippen molar-refractivity contribution in [3.63, 3.8) is 0 Å². The lowest BCUT2D eigenvalue weighted by atomic mass is 10.0. The van der Waals surface area contributed by atoms with Crippen molar-refractivity contribution in [2.75, 3.05) is 13.1 Å². The molecule has 1 aromatic rings. The molecule has 1 aromatic carbocycles. The number of carbonyl (C=O) groups is 2. The Morgan fingerprint density at radius 2 is 2.00 bits per heavy atom. The van der Waals surface area contributed by atoms with Crippen molar-refractivity contribution in [2.45, 2.75) is 51.8 Å². The predicted octanol–water partition coefficient (Wildman–Crippen LogP) is 1.72. The van der Waals surface area contributed by atoms with Gasteiger partial charge < -0.3 is 14.9 Å². The van der Waals surface area contributed by atoms with Crippen molar-refractivity contribution in [1.29, 1.82) is 0 Å². The van der Waals surface area contributed by atoms with Crippen LogP contribution in [0.25, 0.3) is 0 Å². The largest absolute Gasteiger partial charge is 0.393 e. The number of likely N-dealkylation sites (tertiary alicyclic amines) is 2. The molecule has 3 unspecified atom stereocenters. The normalized spacial score (nSPS) is 25.4. The van der Waals surface area contributed by atoms with Crippen LogP contribution >= 0.6 is 0 Å². The summed E-state index contributed by atoms with van der Waals surface area (Å²) in [5, 5.41) is 9.73. The molecule has 24 heavy (non-hydrogen) atoms. The predicted molar refractivity (Wildman–Crippen MR) is 91.1 cm³/mol. The summed E-state index contributed by atoms with van der Waals surface area (Å²) in [5.41, 5.74) is 2.23. The van der Waals surface area contributed by atoms with Crippen molar-refractivity contribution in [1.82, 2.24) is 9.80 Å². The second kappa shape index (κ2) is 6.93. The minimum absolute atomic E-state index is 0.0381. The molecule has 2 amide bonds. The fraction of sp³-hybridized carbons (Fsp3) is 0.579. The average Bonchev–Trinajstić information content (AvgIpc) is 3.17. The molecule has 130 valence electrons. The summed E-state index contributed by atoms with van der Waals surface area (Å²) in [6.07, 6.45) is 1.48. The molecule has 2 saturated heterocycles. The fourth-order valence-electron chi connectivity index (χ4n) is 3.67. The van der Waals surface area contributed by atoms with Crippen LogP contribution in [0.15, 0.2) is 24.3 Å². The number of benzene rings is 1. The highest BCUT2D eigenvalue weighted by atomic mass is 16.3. The Hall–Kier alpha value is -1.88. The lowest BCUT2D eigenvalue weighted by Gasteiger charge is -2.28. The van der Waals surface area contributed by atoms with Gasteiger partial charge in [-0.15, -0.1) is 0 Å². The Labute approximate surface area is 143 Å². The third kappa shape index (κ3) is 3.46. The van der Waals surface area contributed by atoms with Crippen LogP contribution in [-0.4, -0.2) is 52.0 Å². The number of aryl methyl sites for hydroxylation is 1. The first-order chi connectivity index (χ1) is 11.5. The number of aliphatic hydroxyl groups excluding tert-OH is 1. The molecule has 0 spiro atoms. The summed E-state index contributed by atoms with van der Waals surface area (Å²) < 4.78 is 0. The zero-order valence-electron chi connectivity index (χ0n) is 14.4. The van der Waals surface area contributed by atoms with E-state index >= 15 is 0 Å². The van der Waals surface area contributed by atoms with Crippen molar-refractivity contribution >= 4 is 11.8 Å². The molecule has 1 N–H and O–H groups in total. The second-order valence-corrected chi connectivity index (χ2v) is 7.14. The van der Waals surface area contributed by atoms with E-state index in [4.69, 9.17) is 0 Å². The molecule has 0 aromatic heterocycles. The Morgan fingerprint density at radius 3 is 2.62 bits per heavy atom. The topological polar surface area (TPSA) is 60.9 Å². The molecule has 3 atom stereocenters. The van der Waals surface area contributed by atoms with Gasteiger partial charge in [0.15, 0.2) is 0 Å². The van der Waals surface area contributed by atoms with Crippen LogP contribution in [0.4, 0.5) is 0 Å². The SMILES string of the molecule is Cc1ccc(CN2C(=O)CCC2C(=O)N2CCC(C(C)O)C2)cc1. The Morgan fingerprint density at radius 1 is 1.29 bits per heavy atom. The summed E-state index contributed by atoms with van der Waals surface area (Å²) in [6, 6.07) is 7.73. The van der Waals surface area contributed by atoms with Gasteiger partial charge in [0.25, 0.3) is 0 Å². The van der Waals surface area contributed by atoms with E-state index in [1.807, 2.05) is 36.1 Å². The van der Waals surface area contributed by atoms with Gasteiger partial charge in [-0.3, -0.25) is 9.59 Å². The molecule has 0 saturated carbocycles. The molecular weight excluding hydrogens is 304 g/mol. The number of carbonyl (C=O) groups excluding carboxylic acids is 2. The summed E-state index contributed by atoms with van der Waals surface area (Å²) >= 11 is 0. The number of hydrogen-bond acceptors (Lipinski definition) is 3. The van der Waals surface area contributed by atoms with E-state index < -0.39 is 6.10 Å². The zero-order valence-corrected chi connectivity index (χ0v) is 14.4. The Kier molecular flexibility index (Phi) is 4.90. The maximum Gasteiger partial charge on any atom is 0.245 e. The molecule has 2 heterocycles. The molecule has 5 nitrogen and oxygen atoms in total. The van der Waals surface area contributed by atoms with Crippen molar-refractivity contribution < 1.29 is 14.7 Å². The number of nitrogens with zero attached hydrogens (tertiary/aromatic N) is 2. The maximum absolute atomic E-state index is 12.9. The molecule has 2 aliphatic rings. The first-order valence-electron chi connectivity index (χ1n) is 8.77. The van der Waals surface area contributed by atoms with E-state index in [0.29, 0.717) is 32.5 Å². The lowest BCUT2D eigenvalue weighted by molar-refractivity contribution is -0.141. The van der Waals surface area contributed by atoms with E-state index in [0.717, 1.165) is 12.0 Å². The van der Waals surface area contributed by atoms with E-state index in [2.05, 4.69) is 0 Å². The van der Waals surface area contributed by atoms with E-state index in [-0.39, 0.29) is 23.8 Å². The standard InChI is InChI=1S/C19H26N2O3/c1-13-3-5-15(6-4-13)11-21-17(7-8-18(21)23)19(24)20-10-9-16(12-20)14(2)22/h3-6,14,16-17,22H,7-12H2,1-2H3. The molecule has 2 fully saturated rings. The zero-order chi connectivity index (χ0) is 17.3. The fourth-order valence-corrected chi connectivity index (χ4v) is 3.67. The van der Waals surface area contributed by atoms with E-state index in [1.54, 1.807) is 11.8 Å². The average molecular weight is 330 g/mol. The van der Waals surface area contributed by atoms with Gasteiger partial charge in [-0.25, -0.2) is 0 Å². The third-order valence-electron chi connectivity index (χ3n) is 5.31. The highest BCUT2D eigenvalue weighted by molar-refractivity contribution is 5.91. The summed E-state index contributed by atoms with van der Waals surface area (Å²) in [4.78, 5) is 28.7. The van der Waals surface area contributed by atoms with Gasteiger partial charge in [-0.1, -0.05) is 29.8 Å². The van der Waals surface area contributed by atoms with Gasteiger partial charge in [0, 0.05) is 32.0 Å². The van der Waals surface area contributed by atoms with Crippen LogP contribution in [-0.2, 0) is 16.1 Å². The summed E-state index contributed by atoms with van der Waals surface area (Å²) in [7, 11) is 0. The molecule has 5 heteroatoms. The third-order valence-corrected chi connectivity index (χ3v) is 5.31. The minimum Gasteiger partial charge on any atom is -0.393 e. The highest BCUT2D eigenvalue weighted by Crippen LogP contribution is 2.27. The number of amides is 2. The van der Waals surface area contributed by atoms with Crippen LogP contribution < -0.4 is 0 Å². The molecule has 0 radical (unpaired) electrons. The van der Waals surface area contributed by atoms with Crippen LogP contribution in [0.5, 0.6) is 0 Å². The summed E-state index contributed by atoms with van der Waals surface area (Å²) in [6.45, 7) is 5.57. The van der Waals surface area contributed by atoms with Crippen LogP contribution in [0, 0.1) is 12.8 Å². The van der Waals surface area contributed by atoms with Crippen molar-refractivity contribution in [2.24, 2.45) is 5.92 Å². The lowest BCUT2D eigenvalue weighted by Crippen LogP contribution is -2.46. The molecule has 3 rings (SSSR count). The number of rotatable bonds is 4. The van der Waals surface area contributed by atoms with Gasteiger partial charge >= 0.3 is 0 Å². The van der Waals surface area contributed by atoms with Gasteiger partial charge in [0.1, 0.15) is 6.04 Å². The van der Waals surface area contributed by atoms with Gasteiger partial charge in [-0.2, -0.15) is 0 Å². The second-order valence-electron chi connectivity index (χ2n) is 7.14. The van der Waals surface area contributed by atoms with Crippen molar-refractivity contribution in [3.8, 4) is 0 Å². The van der Waals surface area contributed by atoms with Gasteiger partial charge in [0.05, 0.1) is 6.10 Å². The number of hydrogen-bond donors (Lipinski definition) is 1. The van der Waals surface area contributed by atoms with Crippen LogP contribution in [0.3, 0.4) is 0 Å². The monoisotopic (exact) mass is 330 g/mol. The Bertz CT molecular complexity index is 612. The molecule has 0 bridgehead atoms. The Balaban J connectivity index is 1.68. The van der Waals surface area contributed by atoms with Gasteiger partial charge in [0.2, 0.25) is 11.8 Å². The maximum atomic E-state index is 12.9. The minimum atomic E-state index is -0.392. The summed E-state index contributed by atoms with van der Waals surface area (Å²) in [5.74, 6) is 0.243. The van der Waals surface area contributed by atoms with Crippen LogP contribution in [0.2, 0.25) is 0 Å².